The summed E-state index contributed by atoms with van der Waals surface area (Å²) in [6.07, 6.45) is 0. The second-order valence-corrected chi connectivity index (χ2v) is 17.0. The van der Waals surface area contributed by atoms with E-state index in [4.69, 9.17) is 9.79 Å². The summed E-state index contributed by atoms with van der Waals surface area (Å²) >= 11 is -1.61. The summed E-state index contributed by atoms with van der Waals surface area (Å²) in [6.45, 7) is 0.438. The molecule has 0 aliphatic heterocycles. The Bertz CT molecular complexity index is 167. The van der Waals surface area contributed by atoms with Gasteiger partial charge in [0.1, 0.15) is 0 Å². The molecular formula is C5H18AsINO3P. The van der Waals surface area contributed by atoms with E-state index in [0.717, 1.165) is 5.21 Å². The summed E-state index contributed by atoms with van der Waals surface area (Å²) in [4.78, 5) is 16.9. The first-order chi connectivity index (χ1) is 4.71. The molecule has 0 atom stereocenters. The standard InChI is InChI=1S/C5H17AsNO3P.HI/c1-6(2,3)4-5-7-11(8,9)10;/h6H,4-5H2,1-3H3,(H3,7,8,9,10);1H. The van der Waals surface area contributed by atoms with Crippen molar-refractivity contribution < 1.29 is 14.4 Å². The van der Waals surface area contributed by atoms with Gasteiger partial charge in [-0.15, -0.1) is 24.0 Å². The molecule has 0 saturated heterocycles. The van der Waals surface area contributed by atoms with Gasteiger partial charge in [-0.05, 0) is 0 Å². The molecule has 0 rings (SSSR count). The fourth-order valence-corrected chi connectivity index (χ4v) is 3.26. The predicted molar refractivity (Wildman–Crippen MR) is 65.0 cm³/mol. The molecule has 12 heavy (non-hydrogen) atoms. The average Bonchev–Trinajstić information content (AvgIpc) is 1.55. The van der Waals surface area contributed by atoms with Gasteiger partial charge in [-0.3, -0.25) is 0 Å². The van der Waals surface area contributed by atoms with Gasteiger partial charge in [-0.2, -0.15) is 0 Å². The van der Waals surface area contributed by atoms with Crippen LogP contribution in [0, 0.1) is 0 Å². The van der Waals surface area contributed by atoms with Crippen LogP contribution in [-0.2, 0) is 4.57 Å². The van der Waals surface area contributed by atoms with Crippen LogP contribution in [0.25, 0.3) is 0 Å². The Morgan fingerprint density at radius 3 is 2.00 bits per heavy atom. The maximum atomic E-state index is 10.3. The molecule has 0 aromatic carbocycles. The first-order valence-electron chi connectivity index (χ1n) is 3.51. The van der Waals surface area contributed by atoms with Crippen molar-refractivity contribution in [2.75, 3.05) is 6.54 Å². The van der Waals surface area contributed by atoms with Crippen molar-refractivity contribution in [1.82, 2.24) is 5.09 Å². The molecule has 0 saturated carbocycles. The van der Waals surface area contributed by atoms with Gasteiger partial charge in [0.25, 0.3) is 0 Å². The van der Waals surface area contributed by atoms with Gasteiger partial charge in [-0.1, -0.05) is 0 Å². The van der Waals surface area contributed by atoms with Gasteiger partial charge in [0.15, 0.2) is 0 Å². The normalized spacial score (nSPS) is 13.8. The number of hydrogen-bond donors (Lipinski definition) is 3. The Kier molecular flexibility index (Phi) is 7.91. The zero-order valence-corrected chi connectivity index (χ0v) is 12.9. The van der Waals surface area contributed by atoms with Gasteiger partial charge in [0.05, 0.1) is 0 Å². The molecule has 0 aromatic heterocycles. The maximum absolute atomic E-state index is 10.3. The molecule has 4 nitrogen and oxygen atoms in total. The average molecular weight is 373 g/mol. The number of hydrogen-bond acceptors (Lipinski definition) is 1. The van der Waals surface area contributed by atoms with E-state index in [9.17, 15) is 4.57 Å². The molecule has 78 valence electrons. The van der Waals surface area contributed by atoms with Crippen LogP contribution in [0.1, 0.15) is 0 Å². The fourth-order valence-electron chi connectivity index (χ4n) is 0.577. The minimum absolute atomic E-state index is 0. The SMILES string of the molecule is C[AsH](C)(C)CCNP(=O)(O)O.I. The van der Waals surface area contributed by atoms with Crippen molar-refractivity contribution in [3.05, 3.63) is 0 Å². The van der Waals surface area contributed by atoms with Crippen molar-refractivity contribution in [3.8, 4) is 0 Å². The van der Waals surface area contributed by atoms with Crippen LogP contribution >= 0.6 is 31.7 Å². The van der Waals surface area contributed by atoms with Crippen LogP contribution in [0.15, 0.2) is 0 Å². The Balaban J connectivity index is 0. The molecule has 0 bridgehead atoms. The molecule has 0 aromatic rings. The minimum Gasteiger partial charge on any atom is -0.107 e. The molecule has 0 amide bonds. The molecular weight excluding hydrogens is 355 g/mol. The van der Waals surface area contributed by atoms with Gasteiger partial charge in [-0.25, -0.2) is 0 Å². The van der Waals surface area contributed by atoms with E-state index in [1.165, 1.54) is 0 Å². The third-order valence-corrected chi connectivity index (χ3v) is 5.50. The van der Waals surface area contributed by atoms with Crippen LogP contribution < -0.4 is 5.09 Å². The van der Waals surface area contributed by atoms with Crippen LogP contribution in [0.4, 0.5) is 0 Å². The molecule has 0 aliphatic rings. The quantitative estimate of drug-likeness (QED) is 0.396. The zero-order valence-electron chi connectivity index (χ0n) is 7.57. The monoisotopic (exact) mass is 373 g/mol. The fraction of sp³-hybridized carbons (Fsp3) is 1.00. The molecule has 0 spiro atoms. The predicted octanol–water partition coefficient (Wildman–Crippen LogP) is 1.36. The molecule has 0 aliphatic carbocycles. The molecule has 0 unspecified atom stereocenters. The van der Waals surface area contributed by atoms with Gasteiger partial charge in [0.2, 0.25) is 0 Å². The van der Waals surface area contributed by atoms with Crippen molar-refractivity contribution in [3.63, 3.8) is 0 Å². The molecule has 0 radical (unpaired) electrons. The first-order valence-corrected chi connectivity index (χ1v) is 12.9. The Labute approximate surface area is 93.2 Å². The Morgan fingerprint density at radius 1 is 1.33 bits per heavy atom. The third-order valence-electron chi connectivity index (χ3n) is 1.19. The van der Waals surface area contributed by atoms with Crippen molar-refractivity contribution >= 4 is 45.3 Å². The molecule has 0 fully saturated rings. The van der Waals surface area contributed by atoms with E-state index in [2.05, 4.69) is 22.2 Å². The second kappa shape index (κ2) is 5.99. The van der Waals surface area contributed by atoms with Gasteiger partial charge >= 0.3 is 69.6 Å². The van der Waals surface area contributed by atoms with E-state index in [1.54, 1.807) is 0 Å². The zero-order chi connectivity index (χ0) is 9.12. The van der Waals surface area contributed by atoms with Crippen LogP contribution in [0.2, 0.25) is 22.3 Å². The van der Waals surface area contributed by atoms with Gasteiger partial charge in [0, 0.05) is 0 Å². The molecule has 7 heteroatoms. The summed E-state index contributed by atoms with van der Waals surface area (Å²) in [7, 11) is -3.97. The third kappa shape index (κ3) is 14.0. The summed E-state index contributed by atoms with van der Waals surface area (Å²) in [5.74, 6) is 0. The number of nitrogens with one attached hydrogen (secondary N) is 1. The van der Waals surface area contributed by atoms with Gasteiger partial charge < -0.3 is 0 Å². The Morgan fingerprint density at radius 2 is 1.75 bits per heavy atom. The topological polar surface area (TPSA) is 69.6 Å². The Hall–Kier alpha value is 1.40. The van der Waals surface area contributed by atoms with Crippen molar-refractivity contribution in [1.29, 1.82) is 0 Å². The number of rotatable bonds is 4. The summed E-state index contributed by atoms with van der Waals surface area (Å²) in [5, 5.41) is 3.13. The molecule has 0 heterocycles. The van der Waals surface area contributed by atoms with Crippen molar-refractivity contribution in [2.45, 2.75) is 22.3 Å². The molecule has 3 N–H and O–H groups in total. The van der Waals surface area contributed by atoms with E-state index in [0.29, 0.717) is 6.54 Å². The van der Waals surface area contributed by atoms with Crippen LogP contribution in [-0.4, -0.2) is 29.9 Å². The summed E-state index contributed by atoms with van der Waals surface area (Å²) in [5.41, 5.74) is 6.63. The second-order valence-electron chi connectivity index (χ2n) is 3.76. The van der Waals surface area contributed by atoms with Crippen LogP contribution in [0.3, 0.4) is 0 Å². The van der Waals surface area contributed by atoms with Crippen LogP contribution in [0.5, 0.6) is 0 Å². The summed E-state index contributed by atoms with van der Waals surface area (Å²) in [6, 6.07) is 0. The minimum atomic E-state index is -3.97. The number of halogens is 1. The smallest absolute Gasteiger partial charge is 0.107 e. The van der Waals surface area contributed by atoms with E-state index < -0.39 is 21.3 Å². The van der Waals surface area contributed by atoms with E-state index in [1.807, 2.05) is 0 Å². The largest absolute Gasteiger partial charge is 0.107 e. The maximum Gasteiger partial charge on any atom is -0.107 e. The first kappa shape index (κ1) is 15.9. The summed E-state index contributed by atoms with van der Waals surface area (Å²) < 4.78 is 10.3. The van der Waals surface area contributed by atoms with E-state index in [-0.39, 0.29) is 24.0 Å². The van der Waals surface area contributed by atoms with Crippen molar-refractivity contribution in [2.24, 2.45) is 0 Å². The van der Waals surface area contributed by atoms with E-state index >= 15 is 0 Å².